The zero-order valence-electron chi connectivity index (χ0n) is 12.0. The lowest BCUT2D eigenvalue weighted by molar-refractivity contribution is -0.150. The van der Waals surface area contributed by atoms with E-state index < -0.39 is 5.60 Å². The second-order valence-electron chi connectivity index (χ2n) is 5.06. The van der Waals surface area contributed by atoms with E-state index in [-0.39, 0.29) is 5.97 Å². The minimum Gasteiger partial charge on any atom is -0.446 e. The number of ether oxygens (including phenoxy) is 1. The minimum absolute atomic E-state index is 0.270. The molecule has 0 N–H and O–H groups in total. The van der Waals surface area contributed by atoms with Gasteiger partial charge >= 0.3 is 5.97 Å². The largest absolute Gasteiger partial charge is 0.446 e. The first-order chi connectivity index (χ1) is 8.45. The van der Waals surface area contributed by atoms with E-state index in [1.54, 1.807) is 0 Å². The highest BCUT2D eigenvalue weighted by atomic mass is 16.6. The molecule has 0 aliphatic carbocycles. The highest BCUT2D eigenvalue weighted by Gasteiger charge is 2.22. The third-order valence-corrected chi connectivity index (χ3v) is 3.30. The van der Waals surface area contributed by atoms with Crippen molar-refractivity contribution in [1.29, 1.82) is 0 Å². The molecule has 1 aliphatic rings. The zero-order valence-corrected chi connectivity index (χ0v) is 12.0. The topological polar surface area (TPSA) is 32.8 Å². The van der Waals surface area contributed by atoms with Gasteiger partial charge in [0, 0.05) is 33.1 Å². The number of piperazine rings is 1. The van der Waals surface area contributed by atoms with Crippen LogP contribution in [0.2, 0.25) is 0 Å². The Labute approximate surface area is 110 Å². The molecule has 1 heterocycles. The summed E-state index contributed by atoms with van der Waals surface area (Å²) in [5, 5.41) is 0. The fourth-order valence-electron chi connectivity index (χ4n) is 1.85. The first kappa shape index (κ1) is 15.0. The number of carbonyl (C=O) groups is 1. The Bertz CT molecular complexity index is 337. The lowest BCUT2D eigenvalue weighted by atomic mass is 10.0. The third kappa shape index (κ3) is 5.07. The molecule has 0 bridgehead atoms. The Balaban J connectivity index is 2.45. The molecule has 0 aromatic heterocycles. The molecule has 4 heteroatoms. The van der Waals surface area contributed by atoms with Crippen molar-refractivity contribution in [3.63, 3.8) is 0 Å². The summed E-state index contributed by atoms with van der Waals surface area (Å²) in [5.74, 6) is 5.96. The molecular weight excluding hydrogens is 228 g/mol. The van der Waals surface area contributed by atoms with E-state index in [0.29, 0.717) is 6.42 Å². The smallest absolute Gasteiger partial charge is 0.304 e. The number of hydrogen-bond acceptors (Lipinski definition) is 4. The van der Waals surface area contributed by atoms with Crippen LogP contribution >= 0.6 is 0 Å². The summed E-state index contributed by atoms with van der Waals surface area (Å²) >= 11 is 0. The molecule has 4 nitrogen and oxygen atoms in total. The van der Waals surface area contributed by atoms with Crippen molar-refractivity contribution in [2.75, 3.05) is 39.8 Å². The van der Waals surface area contributed by atoms with E-state index in [1.165, 1.54) is 6.92 Å². The van der Waals surface area contributed by atoms with E-state index in [1.807, 2.05) is 13.8 Å². The van der Waals surface area contributed by atoms with Gasteiger partial charge in [-0.05, 0) is 20.4 Å². The lowest BCUT2D eigenvalue weighted by Crippen LogP contribution is -2.44. The highest BCUT2D eigenvalue weighted by molar-refractivity contribution is 5.67. The monoisotopic (exact) mass is 252 g/mol. The highest BCUT2D eigenvalue weighted by Crippen LogP contribution is 2.13. The van der Waals surface area contributed by atoms with E-state index in [4.69, 9.17) is 4.74 Å². The first-order valence-corrected chi connectivity index (χ1v) is 6.55. The van der Waals surface area contributed by atoms with E-state index in [2.05, 4.69) is 28.7 Å². The molecule has 0 aromatic carbocycles. The Hall–Kier alpha value is -1.05. The van der Waals surface area contributed by atoms with Gasteiger partial charge in [-0.2, -0.15) is 0 Å². The Kier molecular flexibility index (Phi) is 5.64. The summed E-state index contributed by atoms with van der Waals surface area (Å²) < 4.78 is 5.25. The summed E-state index contributed by atoms with van der Waals surface area (Å²) in [4.78, 5) is 15.7. The van der Waals surface area contributed by atoms with Crippen LogP contribution in [0.3, 0.4) is 0 Å². The molecule has 0 aromatic rings. The van der Waals surface area contributed by atoms with Gasteiger partial charge in [-0.3, -0.25) is 9.69 Å². The van der Waals surface area contributed by atoms with Crippen molar-refractivity contribution in [1.82, 2.24) is 9.80 Å². The normalized spacial score (nSPS) is 20.7. The lowest BCUT2D eigenvalue weighted by Gasteiger charge is -2.31. The average Bonchev–Trinajstić information content (AvgIpc) is 2.31. The van der Waals surface area contributed by atoms with Gasteiger partial charge in [0.15, 0.2) is 5.60 Å². The standard InChI is InChI=1S/C14H24N2O2/c1-5-14(3,18-13(2)17)7-6-8-16-11-9-15(4)10-12-16/h5,8-12H2,1-4H3. The quantitative estimate of drug-likeness (QED) is 0.553. The molecule has 0 amide bonds. The molecular formula is C14H24N2O2. The Morgan fingerprint density at radius 2 is 1.94 bits per heavy atom. The van der Waals surface area contributed by atoms with Crippen molar-refractivity contribution in [3.8, 4) is 11.8 Å². The van der Waals surface area contributed by atoms with Crippen LogP contribution in [0.4, 0.5) is 0 Å². The van der Waals surface area contributed by atoms with Gasteiger partial charge in [0.05, 0.1) is 6.54 Å². The van der Waals surface area contributed by atoms with Gasteiger partial charge in [-0.15, -0.1) is 0 Å². The SMILES string of the molecule is CCC(C)(C#CCN1CCN(C)CC1)OC(C)=O. The molecule has 1 rings (SSSR count). The van der Waals surface area contributed by atoms with E-state index in [0.717, 1.165) is 32.7 Å². The molecule has 1 atom stereocenters. The van der Waals surface area contributed by atoms with Crippen LogP contribution < -0.4 is 0 Å². The van der Waals surface area contributed by atoms with Crippen LogP contribution in [0, 0.1) is 11.8 Å². The van der Waals surface area contributed by atoms with Gasteiger partial charge in [-0.25, -0.2) is 0 Å². The number of likely N-dealkylation sites (N-methyl/N-ethyl adjacent to an activating group) is 1. The van der Waals surface area contributed by atoms with Crippen LogP contribution in [0.5, 0.6) is 0 Å². The predicted octanol–water partition coefficient (Wildman–Crippen LogP) is 0.969. The number of hydrogen-bond donors (Lipinski definition) is 0. The van der Waals surface area contributed by atoms with Crippen LogP contribution in [-0.2, 0) is 9.53 Å². The molecule has 1 fully saturated rings. The van der Waals surface area contributed by atoms with Gasteiger partial charge in [0.2, 0.25) is 0 Å². The second-order valence-corrected chi connectivity index (χ2v) is 5.06. The predicted molar refractivity (Wildman–Crippen MR) is 72.2 cm³/mol. The Morgan fingerprint density at radius 3 is 2.44 bits per heavy atom. The summed E-state index contributed by atoms with van der Waals surface area (Å²) in [7, 11) is 2.14. The van der Waals surface area contributed by atoms with Crippen LogP contribution in [0.1, 0.15) is 27.2 Å². The fraction of sp³-hybridized carbons (Fsp3) is 0.786. The number of nitrogens with zero attached hydrogens (tertiary/aromatic N) is 2. The first-order valence-electron chi connectivity index (χ1n) is 6.55. The molecule has 1 unspecified atom stereocenters. The molecule has 1 saturated heterocycles. The maximum Gasteiger partial charge on any atom is 0.304 e. The fourth-order valence-corrected chi connectivity index (χ4v) is 1.85. The maximum atomic E-state index is 11.0. The van der Waals surface area contributed by atoms with Crippen LogP contribution in [-0.4, -0.2) is 61.1 Å². The zero-order chi connectivity index (χ0) is 13.6. The number of esters is 1. The van der Waals surface area contributed by atoms with Crippen LogP contribution in [0.15, 0.2) is 0 Å². The Morgan fingerprint density at radius 1 is 1.33 bits per heavy atom. The molecule has 102 valence electrons. The maximum absolute atomic E-state index is 11.0. The van der Waals surface area contributed by atoms with Gasteiger partial charge in [-0.1, -0.05) is 18.8 Å². The second kappa shape index (κ2) is 6.77. The third-order valence-electron chi connectivity index (χ3n) is 3.30. The molecule has 0 saturated carbocycles. The van der Waals surface area contributed by atoms with Gasteiger partial charge in [0.25, 0.3) is 0 Å². The van der Waals surface area contributed by atoms with Gasteiger partial charge in [0.1, 0.15) is 0 Å². The van der Waals surface area contributed by atoms with Crippen LogP contribution in [0.25, 0.3) is 0 Å². The summed E-state index contributed by atoms with van der Waals surface area (Å²) in [5.41, 5.74) is -0.640. The summed E-state index contributed by atoms with van der Waals surface area (Å²) in [6.07, 6.45) is 0.711. The van der Waals surface area contributed by atoms with E-state index >= 15 is 0 Å². The number of rotatable bonds is 3. The molecule has 1 aliphatic heterocycles. The summed E-state index contributed by atoms with van der Waals surface area (Å²) in [6.45, 7) is 10.3. The molecule has 0 spiro atoms. The van der Waals surface area contributed by atoms with Crippen molar-refractivity contribution in [2.24, 2.45) is 0 Å². The van der Waals surface area contributed by atoms with Crippen molar-refractivity contribution in [3.05, 3.63) is 0 Å². The summed E-state index contributed by atoms with van der Waals surface area (Å²) in [6, 6.07) is 0. The van der Waals surface area contributed by atoms with Crippen molar-refractivity contribution >= 4 is 5.97 Å². The van der Waals surface area contributed by atoms with Gasteiger partial charge < -0.3 is 9.64 Å². The van der Waals surface area contributed by atoms with E-state index in [9.17, 15) is 4.79 Å². The van der Waals surface area contributed by atoms with Crippen molar-refractivity contribution in [2.45, 2.75) is 32.8 Å². The average molecular weight is 252 g/mol. The number of carbonyl (C=O) groups excluding carboxylic acids is 1. The molecule has 18 heavy (non-hydrogen) atoms. The minimum atomic E-state index is -0.640. The van der Waals surface area contributed by atoms with Crippen molar-refractivity contribution < 1.29 is 9.53 Å². The molecule has 0 radical (unpaired) electrons.